The van der Waals surface area contributed by atoms with Crippen molar-refractivity contribution in [1.29, 1.82) is 0 Å². The number of nitrogens with one attached hydrogen (secondary N) is 1. The molecule has 1 aliphatic rings. The Balaban J connectivity index is 0.00000208. The molecule has 0 radical (unpaired) electrons. The van der Waals surface area contributed by atoms with Gasteiger partial charge in [-0.15, -0.1) is 23.7 Å². The van der Waals surface area contributed by atoms with E-state index in [1.54, 1.807) is 11.3 Å². The maximum atomic E-state index is 12.2. The standard InChI is InChI=1S/C17H21N3O2S.ClH/c18-17(7-10-22-11-8-17)16(21)19-9-6-14-12-23-15(20-14)13-4-2-1-3-5-13;/h1-5,12H,6-11,18H2,(H,19,21);1H. The minimum Gasteiger partial charge on any atom is -0.381 e. The summed E-state index contributed by atoms with van der Waals surface area (Å²) in [5.74, 6) is -0.0840. The predicted molar refractivity (Wildman–Crippen MR) is 98.5 cm³/mol. The summed E-state index contributed by atoms with van der Waals surface area (Å²) in [6.07, 6.45) is 1.86. The molecular weight excluding hydrogens is 346 g/mol. The molecule has 0 saturated carbocycles. The number of amides is 1. The molecule has 3 rings (SSSR count). The van der Waals surface area contributed by atoms with E-state index >= 15 is 0 Å². The van der Waals surface area contributed by atoms with Crippen LogP contribution in [0.2, 0.25) is 0 Å². The lowest BCUT2D eigenvalue weighted by Gasteiger charge is -2.31. The fourth-order valence-corrected chi connectivity index (χ4v) is 3.44. The monoisotopic (exact) mass is 367 g/mol. The summed E-state index contributed by atoms with van der Waals surface area (Å²) in [5.41, 5.74) is 7.49. The number of ether oxygens (including phenoxy) is 1. The first-order chi connectivity index (χ1) is 11.2. The van der Waals surface area contributed by atoms with Gasteiger partial charge in [-0.3, -0.25) is 4.79 Å². The van der Waals surface area contributed by atoms with Crippen molar-refractivity contribution < 1.29 is 9.53 Å². The Kier molecular flexibility index (Phi) is 6.74. The number of hydrogen-bond acceptors (Lipinski definition) is 5. The molecule has 2 heterocycles. The zero-order chi connectivity index (χ0) is 16.1. The third kappa shape index (κ3) is 4.54. The molecule has 0 unspecified atom stereocenters. The summed E-state index contributed by atoms with van der Waals surface area (Å²) in [7, 11) is 0. The van der Waals surface area contributed by atoms with Gasteiger partial charge in [-0.2, -0.15) is 0 Å². The number of carbonyl (C=O) groups excluding carboxylic acids is 1. The molecule has 1 aromatic heterocycles. The van der Waals surface area contributed by atoms with Crippen molar-refractivity contribution in [2.75, 3.05) is 19.8 Å². The second-order valence-electron chi connectivity index (χ2n) is 5.78. The fraction of sp³-hybridized carbons (Fsp3) is 0.412. The van der Waals surface area contributed by atoms with Gasteiger partial charge >= 0.3 is 0 Å². The van der Waals surface area contributed by atoms with Gasteiger partial charge in [-0.25, -0.2) is 4.98 Å². The first-order valence-electron chi connectivity index (χ1n) is 7.82. The highest BCUT2D eigenvalue weighted by Crippen LogP contribution is 2.23. The maximum absolute atomic E-state index is 12.2. The van der Waals surface area contributed by atoms with E-state index in [4.69, 9.17) is 10.5 Å². The van der Waals surface area contributed by atoms with E-state index in [9.17, 15) is 4.79 Å². The van der Waals surface area contributed by atoms with E-state index in [1.165, 1.54) is 0 Å². The van der Waals surface area contributed by atoms with Gasteiger partial charge in [0.1, 0.15) is 5.01 Å². The van der Waals surface area contributed by atoms with Crippen LogP contribution in [-0.2, 0) is 16.0 Å². The highest BCUT2D eigenvalue weighted by Gasteiger charge is 2.35. The third-order valence-electron chi connectivity index (χ3n) is 4.08. The Morgan fingerprint density at radius 1 is 1.29 bits per heavy atom. The number of hydrogen-bond donors (Lipinski definition) is 2. The SMILES string of the molecule is Cl.NC1(C(=O)NCCc2csc(-c3ccccc3)n2)CCOCC1. The van der Waals surface area contributed by atoms with Crippen LogP contribution in [0.25, 0.3) is 10.6 Å². The van der Waals surface area contributed by atoms with Gasteiger partial charge in [0, 0.05) is 37.1 Å². The van der Waals surface area contributed by atoms with Crippen LogP contribution >= 0.6 is 23.7 Å². The summed E-state index contributed by atoms with van der Waals surface area (Å²) >= 11 is 1.62. The lowest BCUT2D eigenvalue weighted by Crippen LogP contribution is -2.57. The molecule has 1 aliphatic heterocycles. The van der Waals surface area contributed by atoms with Crippen LogP contribution in [0.4, 0.5) is 0 Å². The van der Waals surface area contributed by atoms with E-state index < -0.39 is 5.54 Å². The zero-order valence-corrected chi connectivity index (χ0v) is 15.0. The number of nitrogens with zero attached hydrogens (tertiary/aromatic N) is 1. The van der Waals surface area contributed by atoms with Gasteiger partial charge in [-0.05, 0) is 12.8 Å². The van der Waals surface area contributed by atoms with Crippen LogP contribution in [0.3, 0.4) is 0 Å². The van der Waals surface area contributed by atoms with Crippen LogP contribution < -0.4 is 11.1 Å². The van der Waals surface area contributed by atoms with Crippen molar-refractivity contribution in [2.45, 2.75) is 24.8 Å². The van der Waals surface area contributed by atoms with Crippen LogP contribution in [0.15, 0.2) is 35.7 Å². The smallest absolute Gasteiger partial charge is 0.240 e. The summed E-state index contributed by atoms with van der Waals surface area (Å²) in [4.78, 5) is 16.9. The fourth-order valence-electron chi connectivity index (χ4n) is 2.58. The van der Waals surface area contributed by atoms with Crippen molar-refractivity contribution in [1.82, 2.24) is 10.3 Å². The number of rotatable bonds is 5. The normalized spacial score (nSPS) is 16.2. The summed E-state index contributed by atoms with van der Waals surface area (Å²) in [5, 5.41) is 5.98. The summed E-state index contributed by atoms with van der Waals surface area (Å²) in [6.45, 7) is 1.66. The molecule has 0 aliphatic carbocycles. The van der Waals surface area contributed by atoms with Crippen molar-refractivity contribution in [3.05, 3.63) is 41.4 Å². The molecule has 24 heavy (non-hydrogen) atoms. The summed E-state index contributed by atoms with van der Waals surface area (Å²) < 4.78 is 5.27. The highest BCUT2D eigenvalue weighted by atomic mass is 35.5. The number of benzene rings is 1. The van der Waals surface area contributed by atoms with Crippen molar-refractivity contribution in [2.24, 2.45) is 5.73 Å². The minimum absolute atomic E-state index is 0. The first kappa shape index (κ1) is 18.9. The molecular formula is C17H22ClN3O2S. The summed E-state index contributed by atoms with van der Waals surface area (Å²) in [6, 6.07) is 10.1. The average molecular weight is 368 g/mol. The van der Waals surface area contributed by atoms with Crippen molar-refractivity contribution in [3.63, 3.8) is 0 Å². The van der Waals surface area contributed by atoms with Gasteiger partial charge in [0.05, 0.1) is 11.2 Å². The molecule has 0 spiro atoms. The molecule has 3 N–H and O–H groups in total. The average Bonchev–Trinajstić information content (AvgIpc) is 3.05. The van der Waals surface area contributed by atoms with Gasteiger partial charge in [0.25, 0.3) is 0 Å². The molecule has 2 aromatic rings. The number of halogens is 1. The molecule has 1 saturated heterocycles. The van der Waals surface area contributed by atoms with Crippen molar-refractivity contribution >= 4 is 29.7 Å². The molecule has 1 aromatic carbocycles. The first-order valence-corrected chi connectivity index (χ1v) is 8.70. The zero-order valence-electron chi connectivity index (χ0n) is 13.4. The number of thiazole rings is 1. The molecule has 1 fully saturated rings. The van der Waals surface area contributed by atoms with Gasteiger partial charge in [0.2, 0.25) is 5.91 Å². The lowest BCUT2D eigenvalue weighted by atomic mass is 9.90. The second-order valence-corrected chi connectivity index (χ2v) is 6.64. The Labute approximate surface area is 152 Å². The number of carbonyl (C=O) groups is 1. The van der Waals surface area contributed by atoms with Gasteiger partial charge in [-0.1, -0.05) is 30.3 Å². The van der Waals surface area contributed by atoms with Crippen LogP contribution in [-0.4, -0.2) is 36.2 Å². The van der Waals surface area contributed by atoms with E-state index in [-0.39, 0.29) is 18.3 Å². The van der Waals surface area contributed by atoms with E-state index in [0.29, 0.717) is 39.0 Å². The Morgan fingerprint density at radius 2 is 2.00 bits per heavy atom. The topological polar surface area (TPSA) is 77.2 Å². The molecule has 130 valence electrons. The third-order valence-corrected chi connectivity index (χ3v) is 5.02. The molecule has 5 nitrogen and oxygen atoms in total. The van der Waals surface area contributed by atoms with E-state index in [1.807, 2.05) is 35.7 Å². The van der Waals surface area contributed by atoms with Crippen LogP contribution in [0.1, 0.15) is 18.5 Å². The van der Waals surface area contributed by atoms with Crippen molar-refractivity contribution in [3.8, 4) is 10.6 Å². The Bertz CT molecular complexity index is 657. The Morgan fingerprint density at radius 3 is 2.71 bits per heavy atom. The molecule has 0 bridgehead atoms. The second kappa shape index (κ2) is 8.58. The van der Waals surface area contributed by atoms with Crippen LogP contribution in [0, 0.1) is 0 Å². The molecule has 1 amide bonds. The number of nitrogens with two attached hydrogens (primary N) is 1. The highest BCUT2D eigenvalue weighted by molar-refractivity contribution is 7.13. The minimum atomic E-state index is -0.782. The van der Waals surface area contributed by atoms with Crippen LogP contribution in [0.5, 0.6) is 0 Å². The Hall–Kier alpha value is -1.47. The molecule has 7 heteroatoms. The largest absolute Gasteiger partial charge is 0.381 e. The van der Waals surface area contributed by atoms with E-state index in [2.05, 4.69) is 10.3 Å². The maximum Gasteiger partial charge on any atom is 0.240 e. The van der Waals surface area contributed by atoms with E-state index in [0.717, 1.165) is 16.3 Å². The van der Waals surface area contributed by atoms with Gasteiger partial charge in [0.15, 0.2) is 0 Å². The number of aromatic nitrogens is 1. The van der Waals surface area contributed by atoms with Gasteiger partial charge < -0.3 is 15.8 Å². The molecule has 0 atom stereocenters. The predicted octanol–water partition coefficient (Wildman–Crippen LogP) is 2.40. The quantitative estimate of drug-likeness (QED) is 0.850. The lowest BCUT2D eigenvalue weighted by molar-refractivity contribution is -0.129.